The summed E-state index contributed by atoms with van der Waals surface area (Å²) < 4.78 is 19.6. The molecule has 6 nitrogen and oxygen atoms in total. The summed E-state index contributed by atoms with van der Waals surface area (Å²) >= 11 is 0. The van der Waals surface area contributed by atoms with E-state index in [-0.39, 0.29) is 29.5 Å². The number of ether oxygens (including phenoxy) is 1. The predicted octanol–water partition coefficient (Wildman–Crippen LogP) is 3.64. The highest BCUT2D eigenvalue weighted by atomic mass is 19.1. The number of fused-ring (bicyclic) bond motifs is 1. The zero-order chi connectivity index (χ0) is 24.4. The molecule has 0 bridgehead atoms. The molecule has 3 heterocycles. The molecule has 35 heavy (non-hydrogen) atoms. The molecule has 0 saturated carbocycles. The van der Waals surface area contributed by atoms with Crippen LogP contribution in [0.4, 0.5) is 4.39 Å². The first-order chi connectivity index (χ1) is 17.0. The Morgan fingerprint density at radius 1 is 1.06 bits per heavy atom. The Morgan fingerprint density at radius 3 is 2.57 bits per heavy atom. The maximum atomic E-state index is 13.2. The lowest BCUT2D eigenvalue weighted by Gasteiger charge is -2.44. The molecule has 2 unspecified atom stereocenters. The van der Waals surface area contributed by atoms with Crippen molar-refractivity contribution in [1.29, 1.82) is 0 Å². The van der Waals surface area contributed by atoms with Crippen molar-refractivity contribution in [2.45, 2.75) is 69.2 Å². The van der Waals surface area contributed by atoms with Crippen molar-refractivity contribution in [3.8, 4) is 11.5 Å². The fourth-order valence-electron chi connectivity index (χ4n) is 6.33. The molecule has 0 amide bonds. The maximum absolute atomic E-state index is 13.2. The quantitative estimate of drug-likeness (QED) is 0.469. The number of benzene rings is 2. The van der Waals surface area contributed by atoms with Crippen molar-refractivity contribution in [2.24, 2.45) is 11.7 Å². The molecule has 2 saturated heterocycles. The summed E-state index contributed by atoms with van der Waals surface area (Å²) in [6, 6.07) is 11.3. The van der Waals surface area contributed by atoms with E-state index in [1.165, 1.54) is 18.1 Å². The van der Waals surface area contributed by atoms with Gasteiger partial charge in [-0.25, -0.2) is 4.39 Å². The van der Waals surface area contributed by atoms with Crippen LogP contribution in [0.5, 0.6) is 11.5 Å². The molecule has 5 N–H and O–H groups in total. The minimum absolute atomic E-state index is 0.0161. The number of nitrogens with two attached hydrogens (primary N) is 1. The second kappa shape index (κ2) is 10.8. The van der Waals surface area contributed by atoms with E-state index in [1.807, 2.05) is 18.2 Å². The molecule has 3 aliphatic rings. The van der Waals surface area contributed by atoms with Gasteiger partial charge < -0.3 is 30.9 Å². The predicted molar refractivity (Wildman–Crippen MR) is 134 cm³/mol. The monoisotopic (exact) mass is 483 g/mol. The molecule has 2 aromatic carbocycles. The van der Waals surface area contributed by atoms with Gasteiger partial charge in [0.2, 0.25) is 0 Å². The third-order valence-corrected chi connectivity index (χ3v) is 8.38. The number of nitrogens with zero attached hydrogens (tertiary/aromatic N) is 1. The van der Waals surface area contributed by atoms with E-state index in [2.05, 4.69) is 10.2 Å². The highest BCUT2D eigenvalue weighted by molar-refractivity contribution is 5.51. The van der Waals surface area contributed by atoms with Gasteiger partial charge in [-0.1, -0.05) is 18.2 Å². The number of aryl methyl sites for hydroxylation is 1. The lowest BCUT2D eigenvalue weighted by Crippen LogP contribution is -2.51. The van der Waals surface area contributed by atoms with E-state index in [0.717, 1.165) is 62.9 Å². The van der Waals surface area contributed by atoms with Gasteiger partial charge >= 0.3 is 0 Å². The van der Waals surface area contributed by atoms with Gasteiger partial charge in [-0.2, -0.15) is 0 Å². The van der Waals surface area contributed by atoms with Gasteiger partial charge in [-0.15, -0.1) is 0 Å². The minimum atomic E-state index is -0.237. The van der Waals surface area contributed by atoms with Gasteiger partial charge in [0.15, 0.2) is 11.5 Å². The first-order valence-electron chi connectivity index (χ1n) is 13.1. The van der Waals surface area contributed by atoms with Crippen LogP contribution in [0.1, 0.15) is 54.9 Å². The van der Waals surface area contributed by atoms with Crippen LogP contribution in [-0.2, 0) is 17.6 Å². The topological polar surface area (TPSA) is 91.0 Å². The van der Waals surface area contributed by atoms with E-state index in [4.69, 9.17) is 10.5 Å². The Labute approximate surface area is 207 Å². The Balaban J connectivity index is 1.14. The lowest BCUT2D eigenvalue weighted by molar-refractivity contribution is -0.0680. The van der Waals surface area contributed by atoms with Gasteiger partial charge in [-0.05, 0) is 93.4 Å². The molecule has 4 atom stereocenters. The van der Waals surface area contributed by atoms with Crippen LogP contribution in [0.25, 0.3) is 0 Å². The Kier molecular flexibility index (Phi) is 7.58. The number of halogens is 1. The number of hydrogen-bond acceptors (Lipinski definition) is 6. The first kappa shape index (κ1) is 24.5. The molecule has 2 fully saturated rings. The molecule has 5 rings (SSSR count). The van der Waals surface area contributed by atoms with Gasteiger partial charge in [0, 0.05) is 30.6 Å². The van der Waals surface area contributed by atoms with Crippen LogP contribution in [0.2, 0.25) is 0 Å². The number of aromatic hydroxyl groups is 2. The van der Waals surface area contributed by atoms with Crippen LogP contribution in [0.15, 0.2) is 36.4 Å². The van der Waals surface area contributed by atoms with E-state index in [0.29, 0.717) is 31.0 Å². The summed E-state index contributed by atoms with van der Waals surface area (Å²) in [5.41, 5.74) is 8.89. The Bertz CT molecular complexity index is 994. The summed E-state index contributed by atoms with van der Waals surface area (Å²) in [7, 11) is 0. The molecule has 2 aromatic rings. The minimum Gasteiger partial charge on any atom is -0.504 e. The third-order valence-electron chi connectivity index (χ3n) is 8.38. The first-order valence-corrected chi connectivity index (χ1v) is 13.1. The van der Waals surface area contributed by atoms with E-state index in [9.17, 15) is 14.6 Å². The number of phenolic OH excluding ortho intramolecular Hbond substituents is 2. The van der Waals surface area contributed by atoms with Gasteiger partial charge in [0.05, 0.1) is 12.2 Å². The van der Waals surface area contributed by atoms with Crippen LogP contribution in [0.3, 0.4) is 0 Å². The van der Waals surface area contributed by atoms with Crippen molar-refractivity contribution < 1.29 is 19.3 Å². The number of likely N-dealkylation sites (tertiary alicyclic amines) is 1. The van der Waals surface area contributed by atoms with Crippen molar-refractivity contribution in [1.82, 2.24) is 10.2 Å². The smallest absolute Gasteiger partial charge is 0.161 e. The standard InChI is InChI=1S/C28H38FN3O3/c29-20-4-1-18(2-5-20)3-6-21-15-22(9-12-31-21)32-13-10-19(11-14-32)26-16-24-23(27(17-30)35-26)7-8-25(33)28(24)34/h1-2,4-5,7-8,19,21-22,26-27,31,33-34H,3,6,9-17,30H2/t21?,22?,26-,27-/m0/s1. The van der Waals surface area contributed by atoms with E-state index < -0.39 is 0 Å². The largest absolute Gasteiger partial charge is 0.504 e. The lowest BCUT2D eigenvalue weighted by atomic mass is 9.82. The highest BCUT2D eigenvalue weighted by Gasteiger charge is 2.37. The zero-order valence-electron chi connectivity index (χ0n) is 20.3. The highest BCUT2D eigenvalue weighted by Crippen LogP contribution is 2.42. The second-order valence-electron chi connectivity index (χ2n) is 10.5. The average molecular weight is 484 g/mol. The fraction of sp³-hybridized carbons (Fsp3) is 0.571. The van der Waals surface area contributed by atoms with Crippen molar-refractivity contribution in [3.05, 3.63) is 58.9 Å². The molecule has 190 valence electrons. The number of phenols is 2. The van der Waals surface area contributed by atoms with E-state index >= 15 is 0 Å². The van der Waals surface area contributed by atoms with E-state index in [1.54, 1.807) is 12.1 Å². The summed E-state index contributed by atoms with van der Waals surface area (Å²) in [5, 5.41) is 24.1. The SMILES string of the molecule is NC[C@@H]1O[C@H](C2CCN(C3CCNC(CCc4ccc(F)cc4)C3)CC2)Cc2c1ccc(O)c2O. The van der Waals surface area contributed by atoms with Crippen LogP contribution in [-0.4, -0.2) is 59.5 Å². The Morgan fingerprint density at radius 2 is 1.83 bits per heavy atom. The van der Waals surface area contributed by atoms with Crippen LogP contribution < -0.4 is 11.1 Å². The fourth-order valence-corrected chi connectivity index (χ4v) is 6.33. The molecule has 7 heteroatoms. The molecule has 0 spiro atoms. The number of hydrogen-bond donors (Lipinski definition) is 4. The third kappa shape index (κ3) is 5.48. The summed E-state index contributed by atoms with van der Waals surface area (Å²) in [4.78, 5) is 2.66. The van der Waals surface area contributed by atoms with Crippen molar-refractivity contribution in [2.75, 3.05) is 26.2 Å². The van der Waals surface area contributed by atoms with Crippen LogP contribution >= 0.6 is 0 Å². The molecule has 3 aliphatic heterocycles. The number of piperidine rings is 2. The van der Waals surface area contributed by atoms with Crippen molar-refractivity contribution in [3.63, 3.8) is 0 Å². The van der Waals surface area contributed by atoms with Gasteiger partial charge in [-0.3, -0.25) is 0 Å². The summed E-state index contributed by atoms with van der Waals surface area (Å²) in [5.74, 6) is 0.151. The maximum Gasteiger partial charge on any atom is 0.161 e. The van der Waals surface area contributed by atoms with Gasteiger partial charge in [0.1, 0.15) is 5.82 Å². The molecule has 0 radical (unpaired) electrons. The van der Waals surface area contributed by atoms with Gasteiger partial charge in [0.25, 0.3) is 0 Å². The normalized spacial score (nSPS) is 28.1. The molecule has 0 aromatic heterocycles. The van der Waals surface area contributed by atoms with Crippen LogP contribution in [0, 0.1) is 11.7 Å². The summed E-state index contributed by atoms with van der Waals surface area (Å²) in [6.45, 7) is 3.53. The average Bonchev–Trinajstić information content (AvgIpc) is 2.90. The number of rotatable bonds is 6. The molecular weight excluding hydrogens is 445 g/mol. The molecule has 0 aliphatic carbocycles. The Hall–Kier alpha value is -2.19. The summed E-state index contributed by atoms with van der Waals surface area (Å²) in [6.07, 6.45) is 6.91. The second-order valence-corrected chi connectivity index (χ2v) is 10.5. The molecular formula is C28H38FN3O3. The van der Waals surface area contributed by atoms with Crippen molar-refractivity contribution >= 4 is 0 Å². The zero-order valence-corrected chi connectivity index (χ0v) is 20.3. The number of nitrogens with one attached hydrogen (secondary N) is 1.